The Morgan fingerprint density at radius 2 is 1.73 bits per heavy atom. The molecule has 0 bridgehead atoms. The number of carbonyl (C=O) groups is 1. The van der Waals surface area contributed by atoms with Gasteiger partial charge in [0.15, 0.2) is 5.82 Å². The van der Waals surface area contributed by atoms with Crippen LogP contribution in [0.15, 0.2) is 71.5 Å². The van der Waals surface area contributed by atoms with Gasteiger partial charge in [0.05, 0.1) is 51.4 Å². The number of sulfonamides is 1. The topological polar surface area (TPSA) is 166 Å². The summed E-state index contributed by atoms with van der Waals surface area (Å²) in [6.45, 7) is -1.59. The number of hydrogen-bond acceptors (Lipinski definition) is 8. The summed E-state index contributed by atoms with van der Waals surface area (Å²) >= 11 is 6.62. The first kappa shape index (κ1) is 43.0. The lowest BCUT2D eigenvalue weighted by Crippen LogP contribution is -2.38. The highest BCUT2D eigenvalue weighted by Gasteiger charge is 2.67. The fourth-order valence-electron chi connectivity index (χ4n) is 8.72. The molecule has 0 aliphatic heterocycles. The van der Waals surface area contributed by atoms with E-state index in [4.69, 9.17) is 16.6 Å². The number of rotatable bonds is 12. The minimum absolute atomic E-state index is 0.00516. The van der Waals surface area contributed by atoms with Gasteiger partial charge in [-0.25, -0.2) is 35.4 Å². The summed E-state index contributed by atoms with van der Waals surface area (Å²) in [6.07, 6.45) is -2.90. The molecule has 0 spiro atoms. The van der Waals surface area contributed by atoms with Gasteiger partial charge >= 0.3 is 0 Å². The molecule has 1 amide bonds. The Morgan fingerprint density at radius 1 is 1.00 bits per heavy atom. The predicted octanol–water partition coefficient (Wildman–Crippen LogP) is 7.32. The Hall–Kier alpha value is -6.32. The molecule has 7 aromatic rings. The molecule has 332 valence electrons. The van der Waals surface area contributed by atoms with Crippen molar-refractivity contribution < 1.29 is 49.1 Å². The number of nitrogens with one attached hydrogen (secondary N) is 2. The molecule has 0 radical (unpaired) electrons. The molecule has 3 atom stereocenters. The fourth-order valence-corrected chi connectivity index (χ4v) is 9.46. The van der Waals surface area contributed by atoms with Crippen molar-refractivity contribution in [2.45, 2.75) is 50.3 Å². The molecule has 13 nitrogen and oxygen atoms in total. The second-order valence-electron chi connectivity index (χ2n) is 15.7. The van der Waals surface area contributed by atoms with E-state index in [2.05, 4.69) is 20.2 Å². The van der Waals surface area contributed by atoms with E-state index >= 15 is 13.6 Å². The van der Waals surface area contributed by atoms with E-state index in [-0.39, 0.29) is 67.3 Å². The van der Waals surface area contributed by atoms with Gasteiger partial charge in [-0.05, 0) is 83.1 Å². The number of hydrogen-bond donors (Lipinski definition) is 3. The van der Waals surface area contributed by atoms with Crippen LogP contribution < -0.4 is 15.6 Å². The average Bonchev–Trinajstić information content (AvgIpc) is 3.75. The monoisotopic (exact) mass is 928 g/mol. The molecule has 2 aliphatic carbocycles. The van der Waals surface area contributed by atoms with Gasteiger partial charge in [0.25, 0.3) is 17.9 Å². The maximum absolute atomic E-state index is 15.5. The molecule has 22 heteroatoms. The Balaban J connectivity index is 1.27. The van der Waals surface area contributed by atoms with Crippen molar-refractivity contribution in [2.75, 3.05) is 11.0 Å². The number of benzene rings is 4. The number of fused-ring (bicyclic) bond motifs is 5. The summed E-state index contributed by atoms with van der Waals surface area (Å²) in [7, 11) is -2.52. The van der Waals surface area contributed by atoms with Crippen LogP contribution in [-0.4, -0.2) is 54.8 Å². The second-order valence-corrected chi connectivity index (χ2v) is 17.9. The van der Waals surface area contributed by atoms with Crippen LogP contribution in [0.3, 0.4) is 0 Å². The minimum Gasteiger partial charge on any atom is -0.392 e. The number of halogens is 8. The van der Waals surface area contributed by atoms with Crippen molar-refractivity contribution in [1.82, 2.24) is 34.4 Å². The van der Waals surface area contributed by atoms with Crippen LogP contribution in [0.1, 0.15) is 58.7 Å². The molecule has 0 unspecified atom stereocenters. The highest BCUT2D eigenvalue weighted by Crippen LogP contribution is 2.68. The average molecular weight is 929 g/mol. The Bertz CT molecular complexity index is 3270. The van der Waals surface area contributed by atoms with Crippen molar-refractivity contribution in [3.63, 3.8) is 0 Å². The number of nitrogens with zero attached hydrogens (tertiary/aromatic N) is 6. The third-order valence-corrected chi connectivity index (χ3v) is 12.2. The first-order chi connectivity index (χ1) is 30.2. The number of aromatic nitrogens is 6. The Labute approximate surface area is 362 Å². The Kier molecular flexibility index (Phi) is 10.4. The summed E-state index contributed by atoms with van der Waals surface area (Å²) in [5, 5.41) is 20.7. The zero-order valence-electron chi connectivity index (χ0n) is 33.2. The van der Waals surface area contributed by atoms with Gasteiger partial charge in [0, 0.05) is 31.0 Å². The predicted molar refractivity (Wildman–Crippen MR) is 219 cm³/mol. The SMILES string of the molecule is Cn1nc(NS(C)(=O)=O)c2c(Cl)ccc(-n3c([C@H](Cc4cc(F)cc(F)c4)NC(=O)Cn4nc(C(F)F)c5c4C(F)(F)[C@@H]4C[C@H]54)nc4cc(-c5ccc(F)cc5CO)ccc4c3=O)c21. The van der Waals surface area contributed by atoms with E-state index in [0.717, 1.165) is 35.1 Å². The van der Waals surface area contributed by atoms with Crippen LogP contribution in [0, 0.1) is 23.4 Å². The summed E-state index contributed by atoms with van der Waals surface area (Å²) in [6, 6.07) is 11.6. The molecule has 1 saturated carbocycles. The van der Waals surface area contributed by atoms with E-state index in [0.29, 0.717) is 21.9 Å². The molecule has 4 aromatic carbocycles. The number of alkyl halides is 4. The normalized spacial score (nSPS) is 16.9. The summed E-state index contributed by atoms with van der Waals surface area (Å²) < 4.78 is 133. The summed E-state index contributed by atoms with van der Waals surface area (Å²) in [5.74, 6) is -9.98. The summed E-state index contributed by atoms with van der Waals surface area (Å²) in [4.78, 5) is 34.0. The lowest BCUT2D eigenvalue weighted by atomic mass is 9.98. The van der Waals surface area contributed by atoms with Crippen LogP contribution in [0.25, 0.3) is 38.6 Å². The largest absolute Gasteiger partial charge is 0.392 e. The van der Waals surface area contributed by atoms with Crippen molar-refractivity contribution in [1.29, 1.82) is 0 Å². The van der Waals surface area contributed by atoms with Crippen LogP contribution in [0.4, 0.5) is 36.6 Å². The molecular formula is C42H32ClF7N8O5S. The third kappa shape index (κ3) is 7.43. The quantitative estimate of drug-likeness (QED) is 0.107. The van der Waals surface area contributed by atoms with Gasteiger partial charge in [0.2, 0.25) is 15.9 Å². The van der Waals surface area contributed by atoms with Gasteiger partial charge in [-0.2, -0.15) is 19.0 Å². The molecule has 64 heavy (non-hydrogen) atoms. The first-order valence-corrected chi connectivity index (χ1v) is 21.6. The van der Waals surface area contributed by atoms with Gasteiger partial charge in [-0.1, -0.05) is 23.7 Å². The smallest absolute Gasteiger partial charge is 0.293 e. The lowest BCUT2D eigenvalue weighted by molar-refractivity contribution is -0.123. The van der Waals surface area contributed by atoms with Crippen LogP contribution in [-0.2, 0) is 47.4 Å². The zero-order valence-corrected chi connectivity index (χ0v) is 34.8. The minimum atomic E-state index is -3.95. The second kappa shape index (κ2) is 15.4. The highest BCUT2D eigenvalue weighted by molar-refractivity contribution is 7.92. The molecular weight excluding hydrogens is 897 g/mol. The number of aliphatic hydroxyl groups is 1. The van der Waals surface area contributed by atoms with E-state index < -0.39 is 100 Å². The molecule has 3 N–H and O–H groups in total. The Morgan fingerprint density at radius 3 is 2.42 bits per heavy atom. The molecule has 1 fully saturated rings. The third-order valence-electron chi connectivity index (χ3n) is 11.4. The number of aliphatic hydroxyl groups excluding tert-OH is 1. The molecule has 9 rings (SSSR count). The van der Waals surface area contributed by atoms with Crippen molar-refractivity contribution in [3.05, 3.63) is 133 Å². The standard InChI is InChI=1S/C42H32ClF7N8O5S/c1-56-36-31(8-7-28(43)34(36)39(54-56)55-64(2,62)63)58-40(52-29-13-19(3-5-25(29)41(58)61)24-6-4-21(44)12-20(24)17-59)30(11-18-9-22(45)14-23(46)10-18)51-32(60)16-57-37-33(35(53-57)38(47)48)26-15-27(26)42(37,49)50/h3-10,12-14,26-27,30,38,59H,11,15-17H2,1-2H3,(H,51,60)(H,54,55)/t26-,27+,30-/m0/s1. The highest BCUT2D eigenvalue weighted by atomic mass is 35.5. The van der Waals surface area contributed by atoms with E-state index in [1.807, 2.05) is 0 Å². The summed E-state index contributed by atoms with van der Waals surface area (Å²) in [5.41, 5.74) is -2.01. The fraction of sp³-hybridized carbons (Fsp3) is 0.262. The van der Waals surface area contributed by atoms with E-state index in [1.165, 1.54) is 48.1 Å². The molecule has 3 heterocycles. The van der Waals surface area contributed by atoms with Gasteiger partial charge in [-0.15, -0.1) is 0 Å². The molecule has 3 aromatic heterocycles. The molecule has 0 saturated heterocycles. The van der Waals surface area contributed by atoms with Gasteiger partial charge in [0.1, 0.15) is 41.2 Å². The van der Waals surface area contributed by atoms with E-state index in [1.54, 1.807) is 0 Å². The number of aryl methyl sites for hydroxylation is 1. The van der Waals surface area contributed by atoms with E-state index in [9.17, 15) is 40.3 Å². The van der Waals surface area contributed by atoms with Crippen LogP contribution in [0.5, 0.6) is 0 Å². The van der Waals surface area contributed by atoms with Gasteiger partial charge < -0.3 is 10.4 Å². The van der Waals surface area contributed by atoms with Crippen molar-refractivity contribution in [3.8, 4) is 16.8 Å². The number of amides is 1. The van der Waals surface area contributed by atoms with Crippen molar-refractivity contribution >= 4 is 55.2 Å². The maximum Gasteiger partial charge on any atom is 0.293 e. The lowest BCUT2D eigenvalue weighted by Gasteiger charge is -2.24. The maximum atomic E-state index is 15.5. The zero-order chi connectivity index (χ0) is 45.7. The van der Waals surface area contributed by atoms with Crippen LogP contribution >= 0.6 is 11.6 Å². The van der Waals surface area contributed by atoms with Crippen molar-refractivity contribution in [2.24, 2.45) is 13.0 Å². The van der Waals surface area contributed by atoms with Gasteiger partial charge in [-0.3, -0.25) is 28.2 Å². The number of anilines is 1. The van der Waals surface area contributed by atoms with Crippen LogP contribution in [0.2, 0.25) is 5.02 Å². The first-order valence-electron chi connectivity index (χ1n) is 19.3. The number of carbonyl (C=O) groups excluding carboxylic acids is 1. The molecule has 2 aliphatic rings.